The third kappa shape index (κ3) is 3.34. The second kappa shape index (κ2) is 7.75. The number of nitrogens with zero attached hydrogens (tertiary/aromatic N) is 3. The van der Waals surface area contributed by atoms with Crippen molar-refractivity contribution in [3.05, 3.63) is 40.3 Å². The van der Waals surface area contributed by atoms with Gasteiger partial charge in [-0.2, -0.15) is 5.10 Å². The van der Waals surface area contributed by atoms with Crippen molar-refractivity contribution < 1.29 is 14.4 Å². The average Bonchev–Trinajstić information content (AvgIpc) is 3.24. The molecule has 3 amide bonds. The van der Waals surface area contributed by atoms with Crippen molar-refractivity contribution in [1.82, 2.24) is 25.5 Å². The molecule has 0 unspecified atom stereocenters. The van der Waals surface area contributed by atoms with E-state index in [2.05, 4.69) is 16.0 Å². The largest absolute Gasteiger partial charge is 0.315 e. The van der Waals surface area contributed by atoms with Crippen LogP contribution in [-0.2, 0) is 16.1 Å². The van der Waals surface area contributed by atoms with Gasteiger partial charge in [0.05, 0.1) is 10.3 Å². The zero-order valence-corrected chi connectivity index (χ0v) is 17.6. The number of hydrazine groups is 1. The van der Waals surface area contributed by atoms with Gasteiger partial charge in [-0.05, 0) is 25.8 Å². The molecule has 1 aromatic carbocycles. The molecular weight excluding hydrogens is 406 g/mol. The fraction of sp³-hybridized carbons (Fsp3) is 0.450. The summed E-state index contributed by atoms with van der Waals surface area (Å²) in [5, 5.41) is 5.02. The van der Waals surface area contributed by atoms with Crippen molar-refractivity contribution in [2.24, 2.45) is 0 Å². The van der Waals surface area contributed by atoms with Gasteiger partial charge in [0.2, 0.25) is 5.91 Å². The van der Waals surface area contributed by atoms with Crippen LogP contribution in [0.25, 0.3) is 10.8 Å². The molecule has 0 spiro atoms. The highest BCUT2D eigenvalue weighted by atomic mass is 32.2. The van der Waals surface area contributed by atoms with Crippen molar-refractivity contribution in [3.63, 3.8) is 0 Å². The van der Waals surface area contributed by atoms with E-state index in [1.807, 2.05) is 13.8 Å². The molecule has 3 heterocycles. The highest BCUT2D eigenvalue weighted by molar-refractivity contribution is 8.01. The highest BCUT2D eigenvalue weighted by Crippen LogP contribution is 2.47. The number of nitrogens with one attached hydrogen (secondary N) is 2. The molecule has 2 fully saturated rings. The molecule has 2 N–H and O–H groups in total. The molecule has 30 heavy (non-hydrogen) atoms. The van der Waals surface area contributed by atoms with Crippen LogP contribution in [-0.4, -0.2) is 49.1 Å². The number of aryl methyl sites for hydroxylation is 1. The van der Waals surface area contributed by atoms with E-state index in [1.165, 1.54) is 4.68 Å². The number of carbonyl (C=O) groups is 3. The summed E-state index contributed by atoms with van der Waals surface area (Å²) in [7, 11) is 0. The zero-order valence-electron chi connectivity index (χ0n) is 16.8. The second-order valence-electron chi connectivity index (χ2n) is 7.63. The standard InChI is InChI=1S/C20H23N5O4S/c1-3-10-24-19(29)13-7-5-4-6-12(13)16(23-24)18(28)22-21-17(27)14-11-30-20(2)9-8-15(26)25(14)20/h4-7,14H,3,8-11H2,1-2H3,(H,21,27)(H,22,28)/t14-,20-/m1/s1. The van der Waals surface area contributed by atoms with E-state index in [1.54, 1.807) is 40.9 Å². The Morgan fingerprint density at radius 3 is 2.70 bits per heavy atom. The number of carbonyl (C=O) groups excluding carboxylic acids is 3. The summed E-state index contributed by atoms with van der Waals surface area (Å²) in [6.45, 7) is 4.25. The molecular formula is C20H23N5O4S. The first-order valence-corrected chi connectivity index (χ1v) is 10.9. The van der Waals surface area contributed by atoms with Crippen LogP contribution < -0.4 is 16.4 Å². The van der Waals surface area contributed by atoms with Crippen molar-refractivity contribution in [2.75, 3.05) is 5.75 Å². The number of amides is 3. The van der Waals surface area contributed by atoms with Gasteiger partial charge in [-0.15, -0.1) is 11.8 Å². The van der Waals surface area contributed by atoms with Crippen molar-refractivity contribution >= 4 is 40.3 Å². The van der Waals surface area contributed by atoms with E-state index in [0.717, 1.165) is 0 Å². The van der Waals surface area contributed by atoms with E-state index < -0.39 is 17.9 Å². The normalized spacial score (nSPS) is 22.9. The van der Waals surface area contributed by atoms with Gasteiger partial charge in [-0.1, -0.05) is 25.1 Å². The first-order chi connectivity index (χ1) is 14.4. The zero-order chi connectivity index (χ0) is 21.5. The lowest BCUT2D eigenvalue weighted by atomic mass is 10.1. The molecule has 2 aromatic rings. The minimum atomic E-state index is -0.631. The predicted molar refractivity (Wildman–Crippen MR) is 113 cm³/mol. The fourth-order valence-electron chi connectivity index (χ4n) is 4.04. The third-order valence-electron chi connectivity index (χ3n) is 5.56. The van der Waals surface area contributed by atoms with Crippen LogP contribution in [0.2, 0.25) is 0 Å². The van der Waals surface area contributed by atoms with E-state index >= 15 is 0 Å². The Morgan fingerprint density at radius 1 is 1.23 bits per heavy atom. The summed E-state index contributed by atoms with van der Waals surface area (Å²) in [5.41, 5.74) is 4.63. The lowest BCUT2D eigenvalue weighted by Gasteiger charge is -2.29. The van der Waals surface area contributed by atoms with Gasteiger partial charge in [0.15, 0.2) is 5.69 Å². The number of benzene rings is 1. The lowest BCUT2D eigenvalue weighted by molar-refractivity contribution is -0.138. The number of fused-ring (bicyclic) bond motifs is 2. The molecule has 0 aliphatic carbocycles. The Hall–Kier alpha value is -2.88. The molecule has 0 saturated carbocycles. The molecule has 2 saturated heterocycles. The molecule has 0 bridgehead atoms. The fourth-order valence-corrected chi connectivity index (χ4v) is 5.47. The number of hydrogen-bond donors (Lipinski definition) is 2. The second-order valence-corrected chi connectivity index (χ2v) is 9.13. The number of thioether (sulfide) groups is 1. The molecule has 0 radical (unpaired) electrons. The molecule has 4 rings (SSSR count). The van der Waals surface area contributed by atoms with Crippen LogP contribution in [0.1, 0.15) is 43.6 Å². The van der Waals surface area contributed by atoms with Crippen LogP contribution in [0.4, 0.5) is 0 Å². The maximum atomic E-state index is 12.8. The van der Waals surface area contributed by atoms with Gasteiger partial charge in [-0.25, -0.2) is 4.68 Å². The summed E-state index contributed by atoms with van der Waals surface area (Å²) in [5.74, 6) is -0.633. The van der Waals surface area contributed by atoms with E-state index in [-0.39, 0.29) is 22.0 Å². The third-order valence-corrected chi connectivity index (χ3v) is 7.07. The van der Waals surface area contributed by atoms with Crippen LogP contribution in [0, 0.1) is 0 Å². The summed E-state index contributed by atoms with van der Waals surface area (Å²) in [4.78, 5) is 51.5. The van der Waals surface area contributed by atoms with Gasteiger partial charge in [0, 0.05) is 24.1 Å². The smallest absolute Gasteiger partial charge is 0.290 e. The Bertz CT molecular complexity index is 1100. The van der Waals surface area contributed by atoms with Crippen molar-refractivity contribution in [2.45, 2.75) is 50.6 Å². The summed E-state index contributed by atoms with van der Waals surface area (Å²) >= 11 is 1.58. The minimum Gasteiger partial charge on any atom is -0.315 e. The van der Waals surface area contributed by atoms with E-state index in [4.69, 9.17) is 0 Å². The van der Waals surface area contributed by atoms with Crippen LogP contribution >= 0.6 is 11.8 Å². The molecule has 10 heteroatoms. The number of hydrogen-bond acceptors (Lipinski definition) is 6. The van der Waals surface area contributed by atoms with Crippen molar-refractivity contribution in [3.8, 4) is 0 Å². The SMILES string of the molecule is CCCn1nc(C(=O)NNC(=O)[C@H]2CS[C@]3(C)CCC(=O)N23)c2ccccc2c1=O. The van der Waals surface area contributed by atoms with Gasteiger partial charge in [0.25, 0.3) is 17.4 Å². The number of aromatic nitrogens is 2. The highest BCUT2D eigenvalue weighted by Gasteiger charge is 2.52. The monoisotopic (exact) mass is 429 g/mol. The molecule has 2 atom stereocenters. The van der Waals surface area contributed by atoms with Gasteiger partial charge in [0.1, 0.15) is 6.04 Å². The maximum Gasteiger partial charge on any atom is 0.290 e. The summed E-state index contributed by atoms with van der Waals surface area (Å²) < 4.78 is 1.26. The van der Waals surface area contributed by atoms with Crippen LogP contribution in [0.3, 0.4) is 0 Å². The maximum absolute atomic E-state index is 12.8. The average molecular weight is 430 g/mol. The van der Waals surface area contributed by atoms with Gasteiger partial charge < -0.3 is 4.90 Å². The topological polar surface area (TPSA) is 113 Å². The van der Waals surface area contributed by atoms with Crippen LogP contribution in [0.15, 0.2) is 29.1 Å². The number of rotatable bonds is 4. The van der Waals surface area contributed by atoms with E-state index in [9.17, 15) is 19.2 Å². The Kier molecular flexibility index (Phi) is 5.27. The molecule has 9 nitrogen and oxygen atoms in total. The first kappa shape index (κ1) is 20.4. The molecule has 2 aliphatic rings. The molecule has 1 aromatic heterocycles. The molecule has 158 valence electrons. The quantitative estimate of drug-likeness (QED) is 0.702. The van der Waals surface area contributed by atoms with Gasteiger partial charge in [-0.3, -0.25) is 30.0 Å². The molecule has 2 aliphatic heterocycles. The lowest BCUT2D eigenvalue weighted by Crippen LogP contribution is -2.54. The Balaban J connectivity index is 1.54. The summed E-state index contributed by atoms with van der Waals surface area (Å²) in [6.07, 6.45) is 1.82. The van der Waals surface area contributed by atoms with Crippen LogP contribution in [0.5, 0.6) is 0 Å². The Labute approximate surface area is 177 Å². The Morgan fingerprint density at radius 2 is 1.97 bits per heavy atom. The van der Waals surface area contributed by atoms with E-state index in [0.29, 0.717) is 42.3 Å². The first-order valence-electron chi connectivity index (χ1n) is 9.92. The van der Waals surface area contributed by atoms with Crippen molar-refractivity contribution in [1.29, 1.82) is 0 Å². The summed E-state index contributed by atoms with van der Waals surface area (Å²) in [6, 6.07) is 6.12. The predicted octanol–water partition coefficient (Wildman–Crippen LogP) is 1.02. The minimum absolute atomic E-state index is 0.0479. The van der Waals surface area contributed by atoms with Gasteiger partial charge >= 0.3 is 0 Å².